The van der Waals surface area contributed by atoms with E-state index in [-0.39, 0.29) is 35.2 Å². The molecule has 11 heteroatoms. The number of carbonyl (C=O) groups is 1. The average molecular weight is 552 g/mol. The van der Waals surface area contributed by atoms with Gasteiger partial charge in [-0.15, -0.1) is 0 Å². The van der Waals surface area contributed by atoms with E-state index in [9.17, 15) is 26.4 Å². The van der Waals surface area contributed by atoms with E-state index in [2.05, 4.69) is 0 Å². The molecular weight excluding hydrogens is 521 g/mol. The van der Waals surface area contributed by atoms with Crippen molar-refractivity contribution < 1.29 is 35.5 Å². The van der Waals surface area contributed by atoms with Gasteiger partial charge in [-0.3, -0.25) is 8.86 Å². The van der Waals surface area contributed by atoms with Crippen LogP contribution in [0.1, 0.15) is 62.4 Å². The van der Waals surface area contributed by atoms with Crippen LogP contribution in [0.2, 0.25) is 0 Å². The molecule has 2 atom stereocenters. The summed E-state index contributed by atoms with van der Waals surface area (Å²) in [7, 11) is -3.51. The van der Waals surface area contributed by atoms with Crippen LogP contribution in [-0.2, 0) is 25.8 Å². The van der Waals surface area contributed by atoms with E-state index in [1.807, 2.05) is 0 Å². The second-order valence-corrected chi connectivity index (χ2v) is 13.0. The highest BCUT2D eigenvalue weighted by molar-refractivity contribution is 7.92. The van der Waals surface area contributed by atoms with E-state index in [0.717, 1.165) is 18.4 Å². The molecule has 2 unspecified atom stereocenters. The zero-order valence-electron chi connectivity index (χ0n) is 21.1. The minimum absolute atomic E-state index is 0.0820. The Morgan fingerprint density at radius 3 is 2.41 bits per heavy atom. The molecule has 37 heavy (non-hydrogen) atoms. The van der Waals surface area contributed by atoms with Crippen molar-refractivity contribution in [1.29, 1.82) is 0 Å². The molecule has 0 bridgehead atoms. The third kappa shape index (κ3) is 5.58. The lowest BCUT2D eigenvalue weighted by molar-refractivity contribution is 0.0528. The number of fused-ring (bicyclic) bond motifs is 1. The minimum atomic E-state index is -3.51. The Morgan fingerprint density at radius 1 is 1.22 bits per heavy atom. The normalized spacial score (nSPS) is 15.6. The number of ether oxygens (including phenoxy) is 1. The Kier molecular flexibility index (Phi) is 7.77. The van der Waals surface area contributed by atoms with Gasteiger partial charge < -0.3 is 9.15 Å². The zero-order valence-corrected chi connectivity index (χ0v) is 22.7. The topological polar surface area (TPSA) is 114 Å². The molecule has 4 rings (SSSR count). The predicted octanol–water partition coefficient (Wildman–Crippen LogP) is 5.45. The summed E-state index contributed by atoms with van der Waals surface area (Å²) in [6, 6.07) is 8.01. The fourth-order valence-electron chi connectivity index (χ4n) is 4.34. The van der Waals surface area contributed by atoms with Crippen molar-refractivity contribution in [3.63, 3.8) is 0 Å². The summed E-state index contributed by atoms with van der Waals surface area (Å²) in [4.78, 5) is 13.0. The second-order valence-electron chi connectivity index (χ2n) is 9.50. The quantitative estimate of drug-likeness (QED) is 0.263. The van der Waals surface area contributed by atoms with Crippen LogP contribution in [0.15, 0.2) is 40.8 Å². The molecule has 0 saturated heterocycles. The summed E-state index contributed by atoms with van der Waals surface area (Å²) in [5.41, 5.74) is 2.01. The lowest BCUT2D eigenvalue weighted by atomic mass is 10.0. The number of halogens is 1. The first kappa shape index (κ1) is 27.3. The largest absolute Gasteiger partial charge is 0.462 e. The molecule has 0 spiro atoms. The highest BCUT2D eigenvalue weighted by Crippen LogP contribution is 2.48. The molecule has 1 aliphatic carbocycles. The van der Waals surface area contributed by atoms with Crippen LogP contribution in [0.25, 0.3) is 22.3 Å². The standard InChI is InChI=1S/C26H30FNO7S2/c1-5-34-26(29)24-21-12-20(17-6-7-17)22(28(36(30)31)16(4)14-37(32,33)15(2)3)13-23(21)35-25(24)18-8-10-19(27)11-9-18/h8-13,15-17H,5-7,14H2,1-4H3,(H,30,31). The molecule has 2 aromatic carbocycles. The molecule has 1 aliphatic rings. The number of hydrogen-bond donors (Lipinski definition) is 1. The number of sulfone groups is 1. The first-order chi connectivity index (χ1) is 17.4. The number of esters is 1. The summed E-state index contributed by atoms with van der Waals surface area (Å²) in [6.45, 7) is 6.56. The molecule has 8 nitrogen and oxygen atoms in total. The van der Waals surface area contributed by atoms with Gasteiger partial charge in [0.05, 0.1) is 29.3 Å². The smallest absolute Gasteiger partial charge is 0.342 e. The monoisotopic (exact) mass is 551 g/mol. The second kappa shape index (κ2) is 10.5. The number of benzene rings is 2. The van der Waals surface area contributed by atoms with E-state index in [1.54, 1.807) is 39.8 Å². The summed E-state index contributed by atoms with van der Waals surface area (Å²) < 4.78 is 74.1. The van der Waals surface area contributed by atoms with Crippen LogP contribution in [-0.4, -0.2) is 46.8 Å². The molecule has 0 amide bonds. The lowest BCUT2D eigenvalue weighted by Gasteiger charge is -2.29. The Morgan fingerprint density at radius 2 is 1.86 bits per heavy atom. The van der Waals surface area contributed by atoms with Crippen LogP contribution in [0.3, 0.4) is 0 Å². The van der Waals surface area contributed by atoms with Gasteiger partial charge in [0.2, 0.25) is 0 Å². The zero-order chi connectivity index (χ0) is 27.1. The summed E-state index contributed by atoms with van der Waals surface area (Å²) in [5, 5.41) is -0.167. The van der Waals surface area contributed by atoms with Crippen molar-refractivity contribution in [3.8, 4) is 11.3 Å². The van der Waals surface area contributed by atoms with Crippen molar-refractivity contribution >= 4 is 43.7 Å². The SMILES string of the molecule is CCOC(=O)c1c(-c2ccc(F)cc2)oc2cc(N(C(C)CS(=O)(=O)C(C)C)S(=O)O)c(C3CC3)cc12. The van der Waals surface area contributed by atoms with E-state index in [1.165, 1.54) is 28.6 Å². The molecule has 0 aliphatic heterocycles. The summed E-state index contributed by atoms with van der Waals surface area (Å²) >= 11 is -2.53. The average Bonchev–Trinajstić information content (AvgIpc) is 3.59. The number of hydrogen-bond acceptors (Lipinski definition) is 6. The van der Waals surface area contributed by atoms with Gasteiger partial charge in [0, 0.05) is 17.0 Å². The van der Waals surface area contributed by atoms with Gasteiger partial charge in [0.25, 0.3) is 11.3 Å². The van der Waals surface area contributed by atoms with E-state index >= 15 is 0 Å². The van der Waals surface area contributed by atoms with Gasteiger partial charge in [-0.25, -0.2) is 21.8 Å². The number of carbonyl (C=O) groups excluding carboxylic acids is 1. The van der Waals surface area contributed by atoms with Gasteiger partial charge in [-0.05, 0) is 82.3 Å². The number of furan rings is 1. The van der Waals surface area contributed by atoms with Crippen molar-refractivity contribution in [3.05, 3.63) is 53.3 Å². The fourth-order valence-corrected chi connectivity index (χ4v) is 6.35. The molecule has 1 fully saturated rings. The van der Waals surface area contributed by atoms with Gasteiger partial charge in [0.1, 0.15) is 22.7 Å². The Hall–Kier alpha value is -2.76. The lowest BCUT2D eigenvalue weighted by Crippen LogP contribution is -2.41. The van der Waals surface area contributed by atoms with E-state index < -0.39 is 44.2 Å². The van der Waals surface area contributed by atoms with Gasteiger partial charge in [-0.1, -0.05) is 0 Å². The third-order valence-corrected chi connectivity index (χ3v) is 9.71. The maximum Gasteiger partial charge on any atom is 0.342 e. The molecule has 1 heterocycles. The highest BCUT2D eigenvalue weighted by Gasteiger charge is 2.35. The number of anilines is 1. The van der Waals surface area contributed by atoms with Gasteiger partial charge >= 0.3 is 5.97 Å². The van der Waals surface area contributed by atoms with Crippen molar-refractivity contribution in [2.24, 2.45) is 0 Å². The summed E-state index contributed by atoms with van der Waals surface area (Å²) in [6.07, 6.45) is 1.70. The maximum absolute atomic E-state index is 13.6. The van der Waals surface area contributed by atoms with Crippen LogP contribution >= 0.6 is 0 Å². The molecule has 1 aromatic heterocycles. The molecule has 200 valence electrons. The van der Waals surface area contributed by atoms with Crippen LogP contribution in [0, 0.1) is 5.82 Å². The van der Waals surface area contributed by atoms with Crippen molar-refractivity contribution in [1.82, 2.24) is 0 Å². The first-order valence-corrected chi connectivity index (χ1v) is 14.9. The first-order valence-electron chi connectivity index (χ1n) is 12.1. The molecule has 1 N–H and O–H groups in total. The van der Waals surface area contributed by atoms with E-state index in [0.29, 0.717) is 16.6 Å². The molecule has 3 aromatic rings. The van der Waals surface area contributed by atoms with Gasteiger partial charge in [0.15, 0.2) is 9.84 Å². The van der Waals surface area contributed by atoms with E-state index in [4.69, 9.17) is 9.15 Å². The van der Waals surface area contributed by atoms with Crippen molar-refractivity contribution in [2.75, 3.05) is 16.7 Å². The number of rotatable bonds is 10. The third-order valence-electron chi connectivity index (χ3n) is 6.44. The highest BCUT2D eigenvalue weighted by atomic mass is 32.2. The van der Waals surface area contributed by atoms with Crippen LogP contribution in [0.5, 0.6) is 0 Å². The Bertz CT molecular complexity index is 1440. The number of nitrogens with zero attached hydrogens (tertiary/aromatic N) is 1. The minimum Gasteiger partial charge on any atom is -0.462 e. The van der Waals surface area contributed by atoms with Gasteiger partial charge in [-0.2, -0.15) is 0 Å². The molecular formula is C26H30FNO7S2. The molecule has 0 radical (unpaired) electrons. The van der Waals surface area contributed by atoms with Crippen LogP contribution < -0.4 is 4.31 Å². The fraction of sp³-hybridized carbons (Fsp3) is 0.423. The molecule has 1 saturated carbocycles. The Labute approximate surface area is 218 Å². The summed E-state index contributed by atoms with van der Waals surface area (Å²) in [5.74, 6) is -1.08. The predicted molar refractivity (Wildman–Crippen MR) is 141 cm³/mol. The van der Waals surface area contributed by atoms with Crippen LogP contribution in [0.4, 0.5) is 10.1 Å². The Balaban J connectivity index is 1.92. The van der Waals surface area contributed by atoms with Crippen molar-refractivity contribution in [2.45, 2.75) is 57.7 Å². The maximum atomic E-state index is 13.6.